The summed E-state index contributed by atoms with van der Waals surface area (Å²) in [6.07, 6.45) is 8.04. The Morgan fingerprint density at radius 2 is 2.07 bits per heavy atom. The average Bonchev–Trinajstić information content (AvgIpc) is 2.23. The van der Waals surface area contributed by atoms with Gasteiger partial charge in [0.15, 0.2) is 0 Å². The van der Waals surface area contributed by atoms with Crippen LogP contribution in [0.25, 0.3) is 0 Å². The summed E-state index contributed by atoms with van der Waals surface area (Å²) in [7, 11) is 0. The molecule has 0 spiro atoms. The summed E-state index contributed by atoms with van der Waals surface area (Å²) in [5.74, 6) is 1.80. The van der Waals surface area contributed by atoms with Gasteiger partial charge in [-0.15, -0.1) is 0 Å². The average molecular weight is 208 g/mol. The van der Waals surface area contributed by atoms with E-state index < -0.39 is 0 Å². The maximum absolute atomic E-state index is 4.13. The SMILES string of the molecule is C=C(CC)CCC1(C)CCCC(C)C1C. The van der Waals surface area contributed by atoms with Crippen molar-refractivity contribution in [2.75, 3.05) is 0 Å². The smallest absolute Gasteiger partial charge is 0.0295 e. The van der Waals surface area contributed by atoms with Crippen LogP contribution < -0.4 is 0 Å². The van der Waals surface area contributed by atoms with E-state index in [1.165, 1.54) is 37.7 Å². The number of hydrogen-bond donors (Lipinski definition) is 0. The predicted molar refractivity (Wildman–Crippen MR) is 69.0 cm³/mol. The van der Waals surface area contributed by atoms with Gasteiger partial charge in [-0.1, -0.05) is 52.7 Å². The van der Waals surface area contributed by atoms with Gasteiger partial charge in [0, 0.05) is 0 Å². The zero-order valence-electron chi connectivity index (χ0n) is 11.1. The van der Waals surface area contributed by atoms with Crippen LogP contribution in [-0.4, -0.2) is 0 Å². The summed E-state index contributed by atoms with van der Waals surface area (Å²) in [5.41, 5.74) is 2.01. The van der Waals surface area contributed by atoms with E-state index in [0.29, 0.717) is 5.41 Å². The Morgan fingerprint density at radius 3 is 2.67 bits per heavy atom. The summed E-state index contributed by atoms with van der Waals surface area (Å²) in [6, 6.07) is 0. The largest absolute Gasteiger partial charge is 0.0999 e. The molecular weight excluding hydrogens is 180 g/mol. The summed E-state index contributed by atoms with van der Waals surface area (Å²) in [6.45, 7) is 13.7. The van der Waals surface area contributed by atoms with E-state index in [-0.39, 0.29) is 0 Å². The molecule has 1 aliphatic rings. The van der Waals surface area contributed by atoms with E-state index in [4.69, 9.17) is 0 Å². The van der Waals surface area contributed by atoms with Crippen LogP contribution in [0.3, 0.4) is 0 Å². The van der Waals surface area contributed by atoms with Gasteiger partial charge in [0.1, 0.15) is 0 Å². The zero-order chi connectivity index (χ0) is 11.5. The Bertz CT molecular complexity index is 216. The third-order valence-electron chi connectivity index (χ3n) is 4.91. The van der Waals surface area contributed by atoms with Crippen LogP contribution in [-0.2, 0) is 0 Å². The van der Waals surface area contributed by atoms with Crippen molar-refractivity contribution in [2.24, 2.45) is 17.3 Å². The normalized spacial score (nSPS) is 36.5. The molecule has 15 heavy (non-hydrogen) atoms. The first-order chi connectivity index (χ1) is 6.99. The molecule has 0 aromatic rings. The lowest BCUT2D eigenvalue weighted by atomic mass is 9.62. The van der Waals surface area contributed by atoms with Crippen LogP contribution >= 0.6 is 0 Å². The van der Waals surface area contributed by atoms with Crippen molar-refractivity contribution in [3.63, 3.8) is 0 Å². The molecule has 0 heteroatoms. The van der Waals surface area contributed by atoms with E-state index in [1.807, 2.05) is 0 Å². The van der Waals surface area contributed by atoms with Crippen LogP contribution in [0.15, 0.2) is 12.2 Å². The third-order valence-corrected chi connectivity index (χ3v) is 4.91. The monoisotopic (exact) mass is 208 g/mol. The van der Waals surface area contributed by atoms with Gasteiger partial charge >= 0.3 is 0 Å². The molecule has 0 amide bonds. The molecule has 1 saturated carbocycles. The van der Waals surface area contributed by atoms with Gasteiger partial charge in [-0.2, -0.15) is 0 Å². The first-order valence-electron chi connectivity index (χ1n) is 6.66. The third kappa shape index (κ3) is 3.09. The molecule has 0 bridgehead atoms. The summed E-state index contributed by atoms with van der Waals surface area (Å²) in [5, 5.41) is 0. The standard InChI is InChI=1S/C15H28/c1-6-12(2)9-11-15(5)10-7-8-13(3)14(15)4/h13-14H,2,6-11H2,1,3-5H3. The molecule has 3 atom stereocenters. The van der Waals surface area contributed by atoms with Crippen LogP contribution in [0.4, 0.5) is 0 Å². The van der Waals surface area contributed by atoms with Crippen molar-refractivity contribution in [2.45, 2.75) is 66.2 Å². The maximum Gasteiger partial charge on any atom is -0.0295 e. The Hall–Kier alpha value is -0.260. The van der Waals surface area contributed by atoms with E-state index in [1.54, 1.807) is 0 Å². The molecule has 1 fully saturated rings. The van der Waals surface area contributed by atoms with Crippen LogP contribution in [0, 0.1) is 17.3 Å². The topological polar surface area (TPSA) is 0 Å². The lowest BCUT2D eigenvalue weighted by molar-refractivity contribution is 0.0712. The summed E-state index contributed by atoms with van der Waals surface area (Å²) in [4.78, 5) is 0. The minimum Gasteiger partial charge on any atom is -0.0999 e. The fourth-order valence-corrected chi connectivity index (χ4v) is 2.98. The Labute approximate surface area is 96.2 Å². The minimum atomic E-state index is 0.579. The highest BCUT2D eigenvalue weighted by Gasteiger charge is 2.36. The molecule has 0 heterocycles. The molecule has 1 rings (SSSR count). The Balaban J connectivity index is 2.52. The van der Waals surface area contributed by atoms with Gasteiger partial charge in [-0.05, 0) is 42.9 Å². The summed E-state index contributed by atoms with van der Waals surface area (Å²) >= 11 is 0. The lowest BCUT2D eigenvalue weighted by Gasteiger charge is -2.44. The van der Waals surface area contributed by atoms with Crippen molar-refractivity contribution >= 4 is 0 Å². The quantitative estimate of drug-likeness (QED) is 0.557. The second-order valence-corrected chi connectivity index (χ2v) is 5.92. The number of hydrogen-bond acceptors (Lipinski definition) is 0. The number of allylic oxidation sites excluding steroid dienone is 1. The molecule has 0 saturated heterocycles. The first kappa shape index (κ1) is 12.8. The second-order valence-electron chi connectivity index (χ2n) is 5.92. The van der Waals surface area contributed by atoms with Crippen molar-refractivity contribution in [1.82, 2.24) is 0 Å². The zero-order valence-corrected chi connectivity index (χ0v) is 11.1. The molecule has 0 aromatic carbocycles. The van der Waals surface area contributed by atoms with E-state index >= 15 is 0 Å². The molecule has 0 N–H and O–H groups in total. The first-order valence-corrected chi connectivity index (χ1v) is 6.66. The van der Waals surface area contributed by atoms with E-state index in [0.717, 1.165) is 18.3 Å². The molecule has 3 unspecified atom stereocenters. The highest BCUT2D eigenvalue weighted by Crippen LogP contribution is 2.47. The van der Waals surface area contributed by atoms with Gasteiger partial charge in [-0.25, -0.2) is 0 Å². The molecule has 0 nitrogen and oxygen atoms in total. The fraction of sp³-hybridized carbons (Fsp3) is 0.867. The van der Waals surface area contributed by atoms with Gasteiger partial charge in [0.2, 0.25) is 0 Å². The van der Waals surface area contributed by atoms with Gasteiger partial charge in [0.05, 0.1) is 0 Å². The van der Waals surface area contributed by atoms with Crippen LogP contribution in [0.1, 0.15) is 66.2 Å². The number of rotatable bonds is 4. The van der Waals surface area contributed by atoms with E-state index in [9.17, 15) is 0 Å². The van der Waals surface area contributed by atoms with Crippen molar-refractivity contribution in [1.29, 1.82) is 0 Å². The van der Waals surface area contributed by atoms with E-state index in [2.05, 4.69) is 34.3 Å². The maximum atomic E-state index is 4.13. The van der Waals surface area contributed by atoms with Crippen LogP contribution in [0.5, 0.6) is 0 Å². The van der Waals surface area contributed by atoms with Crippen molar-refractivity contribution in [3.8, 4) is 0 Å². The molecular formula is C15H28. The Kier molecular flexibility index (Phi) is 4.43. The molecule has 88 valence electrons. The predicted octanol–water partition coefficient (Wildman–Crippen LogP) is 5.20. The van der Waals surface area contributed by atoms with Crippen molar-refractivity contribution in [3.05, 3.63) is 12.2 Å². The van der Waals surface area contributed by atoms with Gasteiger partial charge in [-0.3, -0.25) is 0 Å². The minimum absolute atomic E-state index is 0.579. The molecule has 0 radical (unpaired) electrons. The molecule has 0 aromatic heterocycles. The summed E-state index contributed by atoms with van der Waals surface area (Å²) < 4.78 is 0. The second kappa shape index (κ2) is 5.18. The molecule has 1 aliphatic carbocycles. The Morgan fingerprint density at radius 1 is 1.40 bits per heavy atom. The van der Waals surface area contributed by atoms with Gasteiger partial charge in [0.25, 0.3) is 0 Å². The fourth-order valence-electron chi connectivity index (χ4n) is 2.98. The lowest BCUT2D eigenvalue weighted by Crippen LogP contribution is -2.34. The molecule has 0 aliphatic heterocycles. The highest BCUT2D eigenvalue weighted by atomic mass is 14.4. The van der Waals surface area contributed by atoms with Crippen LogP contribution in [0.2, 0.25) is 0 Å². The van der Waals surface area contributed by atoms with Crippen molar-refractivity contribution < 1.29 is 0 Å². The van der Waals surface area contributed by atoms with Gasteiger partial charge < -0.3 is 0 Å². The highest BCUT2D eigenvalue weighted by molar-refractivity contribution is 4.96.